The van der Waals surface area contributed by atoms with Crippen LogP contribution in [0.5, 0.6) is 0 Å². The SMILES string of the molecule is CCc1noc(CC)c1CNC(=NC)NCC(C1CC1)N(C)C. The fraction of sp³-hybridized carbons (Fsp3) is 0.765. The van der Waals surface area contributed by atoms with E-state index in [4.69, 9.17) is 4.52 Å². The Balaban J connectivity index is 1.89. The largest absolute Gasteiger partial charge is 0.361 e. The first kappa shape index (κ1) is 17.8. The second-order valence-corrected chi connectivity index (χ2v) is 6.41. The predicted octanol–water partition coefficient (Wildman–Crippen LogP) is 1.80. The van der Waals surface area contributed by atoms with Gasteiger partial charge in [-0.25, -0.2) is 0 Å². The second kappa shape index (κ2) is 8.34. The smallest absolute Gasteiger partial charge is 0.191 e. The van der Waals surface area contributed by atoms with Crippen LogP contribution in [0.4, 0.5) is 0 Å². The van der Waals surface area contributed by atoms with E-state index in [1.807, 2.05) is 7.05 Å². The highest BCUT2D eigenvalue weighted by molar-refractivity contribution is 5.79. The van der Waals surface area contributed by atoms with E-state index in [0.29, 0.717) is 12.6 Å². The van der Waals surface area contributed by atoms with Crippen LogP contribution in [0.25, 0.3) is 0 Å². The van der Waals surface area contributed by atoms with Gasteiger partial charge in [-0.3, -0.25) is 4.99 Å². The Morgan fingerprint density at radius 1 is 1.30 bits per heavy atom. The zero-order valence-electron chi connectivity index (χ0n) is 15.1. The summed E-state index contributed by atoms with van der Waals surface area (Å²) < 4.78 is 5.41. The molecule has 6 heteroatoms. The second-order valence-electron chi connectivity index (χ2n) is 6.41. The Labute approximate surface area is 139 Å². The lowest BCUT2D eigenvalue weighted by molar-refractivity contribution is 0.264. The molecule has 6 nitrogen and oxygen atoms in total. The zero-order valence-corrected chi connectivity index (χ0v) is 15.1. The molecule has 1 aliphatic rings. The molecule has 2 rings (SSSR count). The lowest BCUT2D eigenvalue weighted by Gasteiger charge is -2.25. The molecule has 1 atom stereocenters. The standard InChI is InChI=1S/C17H31N5O/c1-6-14-13(16(7-2)23-21-14)10-19-17(18-3)20-11-15(22(4)5)12-8-9-12/h12,15H,6-11H2,1-5H3,(H2,18,19,20). The topological polar surface area (TPSA) is 65.7 Å². The van der Waals surface area contributed by atoms with Crippen LogP contribution in [-0.4, -0.2) is 49.7 Å². The number of nitrogens with zero attached hydrogens (tertiary/aromatic N) is 3. The van der Waals surface area contributed by atoms with Crippen LogP contribution in [-0.2, 0) is 19.4 Å². The Morgan fingerprint density at radius 3 is 2.57 bits per heavy atom. The fourth-order valence-electron chi connectivity index (χ4n) is 2.98. The third-order valence-electron chi connectivity index (χ3n) is 4.57. The van der Waals surface area contributed by atoms with Crippen LogP contribution >= 0.6 is 0 Å². The van der Waals surface area contributed by atoms with Crippen molar-refractivity contribution in [3.05, 3.63) is 17.0 Å². The van der Waals surface area contributed by atoms with Crippen molar-refractivity contribution in [2.24, 2.45) is 10.9 Å². The maximum absolute atomic E-state index is 5.41. The minimum atomic E-state index is 0.571. The van der Waals surface area contributed by atoms with Crippen molar-refractivity contribution in [3.63, 3.8) is 0 Å². The van der Waals surface area contributed by atoms with Crippen LogP contribution < -0.4 is 10.6 Å². The third kappa shape index (κ3) is 4.70. The van der Waals surface area contributed by atoms with Crippen molar-refractivity contribution >= 4 is 5.96 Å². The first-order valence-corrected chi connectivity index (χ1v) is 8.67. The summed E-state index contributed by atoms with van der Waals surface area (Å²) in [6.45, 7) is 5.81. The Morgan fingerprint density at radius 2 is 2.04 bits per heavy atom. The summed E-state index contributed by atoms with van der Waals surface area (Å²) in [5.41, 5.74) is 2.21. The lowest BCUT2D eigenvalue weighted by atomic mass is 10.1. The third-order valence-corrected chi connectivity index (χ3v) is 4.57. The van der Waals surface area contributed by atoms with E-state index in [1.54, 1.807) is 0 Å². The van der Waals surface area contributed by atoms with Gasteiger partial charge in [-0.1, -0.05) is 19.0 Å². The summed E-state index contributed by atoms with van der Waals surface area (Å²) in [6, 6.07) is 0.571. The van der Waals surface area contributed by atoms with Crippen LogP contribution in [0.1, 0.15) is 43.7 Å². The molecule has 0 saturated heterocycles. The molecule has 0 spiro atoms. The van der Waals surface area contributed by atoms with Gasteiger partial charge in [0.1, 0.15) is 5.76 Å². The monoisotopic (exact) mass is 321 g/mol. The molecule has 0 amide bonds. The molecule has 1 heterocycles. The maximum Gasteiger partial charge on any atom is 0.191 e. The molecule has 2 N–H and O–H groups in total. The number of aliphatic imine (C=N–C) groups is 1. The number of guanidine groups is 1. The first-order chi connectivity index (χ1) is 11.1. The highest BCUT2D eigenvalue weighted by Gasteiger charge is 2.32. The minimum absolute atomic E-state index is 0.571. The summed E-state index contributed by atoms with van der Waals surface area (Å²) in [7, 11) is 6.12. The number of aryl methyl sites for hydroxylation is 2. The van der Waals surface area contributed by atoms with E-state index < -0.39 is 0 Å². The molecule has 1 aromatic rings. The van der Waals surface area contributed by atoms with Gasteiger partial charge in [0.25, 0.3) is 0 Å². The van der Waals surface area contributed by atoms with Gasteiger partial charge in [-0.2, -0.15) is 0 Å². The van der Waals surface area contributed by atoms with Gasteiger partial charge in [0.2, 0.25) is 0 Å². The van der Waals surface area contributed by atoms with Gasteiger partial charge in [0, 0.05) is 38.2 Å². The van der Waals surface area contributed by atoms with Crippen molar-refractivity contribution in [1.29, 1.82) is 0 Å². The van der Waals surface area contributed by atoms with E-state index in [2.05, 4.69) is 53.6 Å². The maximum atomic E-state index is 5.41. The summed E-state index contributed by atoms with van der Waals surface area (Å²) in [5, 5.41) is 11.0. The molecular formula is C17H31N5O. The van der Waals surface area contributed by atoms with Gasteiger partial charge >= 0.3 is 0 Å². The average Bonchev–Trinajstić information content (AvgIpc) is 3.29. The lowest BCUT2D eigenvalue weighted by Crippen LogP contribution is -2.45. The van der Waals surface area contributed by atoms with E-state index >= 15 is 0 Å². The summed E-state index contributed by atoms with van der Waals surface area (Å²) in [5.74, 6) is 2.63. The molecule has 1 aliphatic carbocycles. The van der Waals surface area contributed by atoms with Gasteiger partial charge in [0.05, 0.1) is 5.69 Å². The van der Waals surface area contributed by atoms with Crippen molar-refractivity contribution in [2.75, 3.05) is 27.7 Å². The van der Waals surface area contributed by atoms with Crippen LogP contribution in [0.2, 0.25) is 0 Å². The molecular weight excluding hydrogens is 290 g/mol. The zero-order chi connectivity index (χ0) is 16.8. The minimum Gasteiger partial charge on any atom is -0.361 e. The van der Waals surface area contributed by atoms with E-state index in [9.17, 15) is 0 Å². The van der Waals surface area contributed by atoms with Crippen LogP contribution in [0.3, 0.4) is 0 Å². The number of aromatic nitrogens is 1. The summed E-state index contributed by atoms with van der Waals surface area (Å²) in [4.78, 5) is 6.64. The quantitative estimate of drug-likeness (QED) is 0.565. The van der Waals surface area contributed by atoms with E-state index in [1.165, 1.54) is 18.4 Å². The molecule has 1 aromatic heterocycles. The first-order valence-electron chi connectivity index (χ1n) is 8.67. The molecule has 1 saturated carbocycles. The van der Waals surface area contributed by atoms with Crippen LogP contribution in [0.15, 0.2) is 9.52 Å². The highest BCUT2D eigenvalue weighted by atomic mass is 16.5. The fourth-order valence-corrected chi connectivity index (χ4v) is 2.98. The van der Waals surface area contributed by atoms with Gasteiger partial charge in [0.15, 0.2) is 5.96 Å². The van der Waals surface area contributed by atoms with Crippen molar-refractivity contribution < 1.29 is 4.52 Å². The summed E-state index contributed by atoms with van der Waals surface area (Å²) >= 11 is 0. The molecule has 1 unspecified atom stereocenters. The van der Waals surface area contributed by atoms with Crippen molar-refractivity contribution in [3.8, 4) is 0 Å². The number of hydrogen-bond acceptors (Lipinski definition) is 4. The average molecular weight is 321 g/mol. The van der Waals surface area contributed by atoms with Gasteiger partial charge < -0.3 is 20.1 Å². The van der Waals surface area contributed by atoms with Gasteiger partial charge in [-0.05, 0) is 39.3 Å². The molecule has 130 valence electrons. The number of rotatable bonds is 8. The van der Waals surface area contributed by atoms with E-state index in [-0.39, 0.29) is 0 Å². The number of likely N-dealkylation sites (N-methyl/N-ethyl adjacent to an activating group) is 1. The van der Waals surface area contributed by atoms with E-state index in [0.717, 1.165) is 42.7 Å². The molecule has 23 heavy (non-hydrogen) atoms. The van der Waals surface area contributed by atoms with Crippen molar-refractivity contribution in [1.82, 2.24) is 20.7 Å². The normalized spacial score (nSPS) is 16.7. The predicted molar refractivity (Wildman–Crippen MR) is 93.7 cm³/mol. The molecule has 0 aromatic carbocycles. The molecule has 1 fully saturated rings. The Hall–Kier alpha value is -1.56. The Kier molecular flexibility index (Phi) is 6.45. The van der Waals surface area contributed by atoms with Gasteiger partial charge in [-0.15, -0.1) is 0 Å². The summed E-state index contributed by atoms with van der Waals surface area (Å²) in [6.07, 6.45) is 4.44. The highest BCUT2D eigenvalue weighted by Crippen LogP contribution is 2.34. The molecule has 0 aliphatic heterocycles. The van der Waals surface area contributed by atoms with Crippen molar-refractivity contribution in [2.45, 2.75) is 52.1 Å². The van der Waals surface area contributed by atoms with Crippen LogP contribution in [0, 0.1) is 5.92 Å². The molecule has 0 radical (unpaired) electrons. The molecule has 0 bridgehead atoms. The number of hydrogen-bond donors (Lipinski definition) is 2. The Bertz CT molecular complexity index is 496. The number of nitrogens with one attached hydrogen (secondary N) is 2.